The number of aryl methyl sites for hydroxylation is 1. The Kier molecular flexibility index (Phi) is 6.08. The van der Waals surface area contributed by atoms with Gasteiger partial charge in [-0.05, 0) is 50.2 Å². The Hall–Kier alpha value is -2.48. The fraction of sp³-hybridized carbons (Fsp3) is 0.381. The normalized spacial score (nSPS) is 15.0. The second-order valence-electron chi connectivity index (χ2n) is 7.07. The van der Waals surface area contributed by atoms with Crippen molar-refractivity contribution in [3.05, 3.63) is 52.9 Å². The summed E-state index contributed by atoms with van der Waals surface area (Å²) in [6, 6.07) is 9.04. The molecule has 8 heteroatoms. The monoisotopic (exact) mass is 413 g/mol. The minimum absolute atomic E-state index is 0.111. The largest absolute Gasteiger partial charge is 0.379 e. The summed E-state index contributed by atoms with van der Waals surface area (Å²) in [4.78, 5) is 24.0. The predicted octanol–water partition coefficient (Wildman–Crippen LogP) is 2.83. The number of carbonyl (C=O) groups excluding carboxylic acids is 1. The maximum absolute atomic E-state index is 12.6. The van der Waals surface area contributed by atoms with E-state index in [1.165, 1.54) is 0 Å². The van der Waals surface area contributed by atoms with Crippen LogP contribution in [0, 0.1) is 6.92 Å². The molecule has 0 atom stereocenters. The van der Waals surface area contributed by atoms with Gasteiger partial charge >= 0.3 is 0 Å². The average Bonchev–Trinajstić information content (AvgIpc) is 3.08. The van der Waals surface area contributed by atoms with E-state index in [1.54, 1.807) is 24.4 Å². The number of nitrogens with one attached hydrogen (secondary N) is 1. The molecule has 29 heavy (non-hydrogen) atoms. The van der Waals surface area contributed by atoms with Crippen molar-refractivity contribution in [3.63, 3.8) is 0 Å². The van der Waals surface area contributed by atoms with Crippen molar-refractivity contribution in [3.8, 4) is 5.69 Å². The van der Waals surface area contributed by atoms with E-state index in [1.807, 2.05) is 23.6 Å². The maximum atomic E-state index is 12.6. The molecule has 0 saturated carbocycles. The molecule has 1 saturated heterocycles. The van der Waals surface area contributed by atoms with Gasteiger partial charge in [0.1, 0.15) is 11.3 Å². The highest BCUT2D eigenvalue weighted by Gasteiger charge is 2.16. The molecule has 1 amide bonds. The second kappa shape index (κ2) is 8.90. The van der Waals surface area contributed by atoms with Crippen LogP contribution in [0.1, 0.15) is 22.6 Å². The molecule has 4 rings (SSSR count). The number of ether oxygens (including phenoxy) is 1. The lowest BCUT2D eigenvalue weighted by Crippen LogP contribution is -2.38. The van der Waals surface area contributed by atoms with Crippen LogP contribution in [0.5, 0.6) is 0 Å². The highest BCUT2D eigenvalue weighted by Crippen LogP contribution is 2.26. The second-order valence-corrected chi connectivity index (χ2v) is 7.48. The number of hydrogen-bond donors (Lipinski definition) is 1. The minimum Gasteiger partial charge on any atom is -0.379 e. The first kappa shape index (κ1) is 19.8. The first-order valence-corrected chi connectivity index (χ1v) is 10.2. The Morgan fingerprint density at radius 1 is 1.28 bits per heavy atom. The molecule has 0 aliphatic carbocycles. The summed E-state index contributed by atoms with van der Waals surface area (Å²) < 4.78 is 7.24. The lowest BCUT2D eigenvalue weighted by atomic mass is 10.1. The Morgan fingerprint density at radius 3 is 2.93 bits per heavy atom. The van der Waals surface area contributed by atoms with Gasteiger partial charge in [-0.15, -0.1) is 0 Å². The van der Waals surface area contributed by atoms with Crippen molar-refractivity contribution in [2.45, 2.75) is 13.3 Å². The van der Waals surface area contributed by atoms with E-state index in [4.69, 9.17) is 16.3 Å². The number of aromatic nitrogens is 3. The summed E-state index contributed by atoms with van der Waals surface area (Å²) >= 11 is 6.45. The van der Waals surface area contributed by atoms with Crippen LogP contribution < -0.4 is 5.32 Å². The Balaban J connectivity index is 1.46. The van der Waals surface area contributed by atoms with Crippen molar-refractivity contribution < 1.29 is 9.53 Å². The number of imidazole rings is 1. The number of fused-ring (bicyclic) bond motifs is 1. The van der Waals surface area contributed by atoms with Crippen LogP contribution in [0.15, 0.2) is 36.5 Å². The average molecular weight is 414 g/mol. The van der Waals surface area contributed by atoms with Crippen LogP contribution in [-0.2, 0) is 4.74 Å². The highest BCUT2D eigenvalue weighted by molar-refractivity contribution is 6.32. The molecule has 0 bridgehead atoms. The molecule has 152 valence electrons. The van der Waals surface area contributed by atoms with Gasteiger partial charge < -0.3 is 10.1 Å². The van der Waals surface area contributed by atoms with Gasteiger partial charge in [-0.3, -0.25) is 14.3 Å². The van der Waals surface area contributed by atoms with Crippen LogP contribution in [-0.4, -0.2) is 64.7 Å². The zero-order chi connectivity index (χ0) is 20.2. The van der Waals surface area contributed by atoms with Crippen LogP contribution in [0.2, 0.25) is 5.02 Å². The molecular formula is C21H24ClN5O2. The summed E-state index contributed by atoms with van der Waals surface area (Å²) in [6.07, 6.45) is 2.63. The van der Waals surface area contributed by atoms with E-state index in [0.29, 0.717) is 22.8 Å². The van der Waals surface area contributed by atoms with Crippen molar-refractivity contribution in [2.24, 2.45) is 0 Å². The molecule has 1 aliphatic rings. The minimum atomic E-state index is -0.111. The van der Waals surface area contributed by atoms with Gasteiger partial charge in [0.25, 0.3) is 5.91 Å². The molecule has 1 N–H and O–H groups in total. The number of hydrogen-bond acceptors (Lipinski definition) is 5. The van der Waals surface area contributed by atoms with Gasteiger partial charge in [-0.2, -0.15) is 0 Å². The van der Waals surface area contributed by atoms with Gasteiger partial charge in [0.2, 0.25) is 0 Å². The zero-order valence-corrected chi connectivity index (χ0v) is 17.2. The Morgan fingerprint density at radius 2 is 2.10 bits per heavy atom. The summed E-state index contributed by atoms with van der Waals surface area (Å²) in [5, 5.41) is 3.55. The topological polar surface area (TPSA) is 72.3 Å². The van der Waals surface area contributed by atoms with Crippen molar-refractivity contribution in [2.75, 3.05) is 39.4 Å². The Bertz CT molecular complexity index is 1010. The third-order valence-electron chi connectivity index (χ3n) is 5.07. The quantitative estimate of drug-likeness (QED) is 0.629. The van der Waals surface area contributed by atoms with Gasteiger partial charge in [-0.25, -0.2) is 9.97 Å². The molecule has 2 aromatic heterocycles. The third kappa shape index (κ3) is 4.42. The van der Waals surface area contributed by atoms with Crippen LogP contribution >= 0.6 is 11.6 Å². The van der Waals surface area contributed by atoms with Crippen molar-refractivity contribution in [1.82, 2.24) is 24.8 Å². The number of amides is 1. The van der Waals surface area contributed by atoms with Crippen molar-refractivity contribution >= 4 is 28.7 Å². The standard InChI is InChI=1S/C21H24ClN5O2/c1-15-25-18-4-2-7-23-20(18)27(15)19-14-16(5-6-17(19)22)21(28)24-8-3-9-26-10-12-29-13-11-26/h2,4-7,14H,3,8-13H2,1H3,(H,24,28). The van der Waals surface area contributed by atoms with E-state index in [-0.39, 0.29) is 5.91 Å². The number of nitrogens with zero attached hydrogens (tertiary/aromatic N) is 4. The van der Waals surface area contributed by atoms with Crippen LogP contribution in [0.4, 0.5) is 0 Å². The summed E-state index contributed by atoms with van der Waals surface area (Å²) in [7, 11) is 0. The molecule has 0 spiro atoms. The number of carbonyl (C=O) groups is 1. The SMILES string of the molecule is Cc1nc2cccnc2n1-c1cc(C(=O)NCCCN2CCOCC2)ccc1Cl. The number of rotatable bonds is 6. The Labute approximate surface area is 174 Å². The summed E-state index contributed by atoms with van der Waals surface area (Å²) in [6.45, 7) is 6.98. The molecule has 0 unspecified atom stereocenters. The molecule has 0 radical (unpaired) electrons. The zero-order valence-electron chi connectivity index (χ0n) is 16.4. The number of morpholine rings is 1. The molecular weight excluding hydrogens is 390 g/mol. The molecule has 1 fully saturated rings. The molecule has 3 aromatic rings. The van der Waals surface area contributed by atoms with E-state index in [9.17, 15) is 4.79 Å². The summed E-state index contributed by atoms with van der Waals surface area (Å²) in [5.74, 6) is 0.656. The van der Waals surface area contributed by atoms with Crippen LogP contribution in [0.25, 0.3) is 16.9 Å². The highest BCUT2D eigenvalue weighted by atomic mass is 35.5. The lowest BCUT2D eigenvalue weighted by Gasteiger charge is -2.26. The fourth-order valence-electron chi connectivity index (χ4n) is 3.57. The predicted molar refractivity (Wildman–Crippen MR) is 113 cm³/mol. The lowest BCUT2D eigenvalue weighted by molar-refractivity contribution is 0.0374. The molecule has 1 aromatic carbocycles. The van der Waals surface area contributed by atoms with E-state index < -0.39 is 0 Å². The van der Waals surface area contributed by atoms with E-state index in [2.05, 4.69) is 20.2 Å². The maximum Gasteiger partial charge on any atom is 0.251 e. The number of halogens is 1. The molecule has 3 heterocycles. The van der Waals surface area contributed by atoms with Gasteiger partial charge in [0.15, 0.2) is 5.65 Å². The third-order valence-corrected chi connectivity index (χ3v) is 5.39. The summed E-state index contributed by atoms with van der Waals surface area (Å²) in [5.41, 5.74) is 2.77. The number of benzene rings is 1. The molecule has 7 nitrogen and oxygen atoms in total. The van der Waals surface area contributed by atoms with Gasteiger partial charge in [-0.1, -0.05) is 11.6 Å². The van der Waals surface area contributed by atoms with Crippen LogP contribution in [0.3, 0.4) is 0 Å². The van der Waals surface area contributed by atoms with Gasteiger partial charge in [0.05, 0.1) is 23.9 Å². The molecule has 1 aliphatic heterocycles. The van der Waals surface area contributed by atoms with Gasteiger partial charge in [0, 0.05) is 31.4 Å². The smallest absolute Gasteiger partial charge is 0.251 e. The first-order valence-electron chi connectivity index (χ1n) is 9.82. The van der Waals surface area contributed by atoms with Crippen molar-refractivity contribution in [1.29, 1.82) is 0 Å². The fourth-order valence-corrected chi connectivity index (χ4v) is 3.77. The van der Waals surface area contributed by atoms with E-state index in [0.717, 1.165) is 56.3 Å². The first-order chi connectivity index (χ1) is 14.1. The number of pyridine rings is 1. The van der Waals surface area contributed by atoms with E-state index >= 15 is 0 Å².